The van der Waals surface area contributed by atoms with Crippen LogP contribution in [0.15, 0.2) is 118 Å². The molecule has 0 bridgehead atoms. The zero-order valence-electron chi connectivity index (χ0n) is 64.5. The fourth-order valence-corrected chi connectivity index (χ4v) is 5.74. The monoisotopic (exact) mass is 1250 g/mol. The van der Waals surface area contributed by atoms with Gasteiger partial charge in [-0.25, -0.2) is 19.9 Å². The van der Waals surface area contributed by atoms with Crippen molar-refractivity contribution in [3.8, 4) is 0 Å². The normalized spacial score (nSPS) is 10.3. The van der Waals surface area contributed by atoms with Gasteiger partial charge in [0, 0.05) is 110 Å². The number of rotatable bonds is 0. The second-order valence-electron chi connectivity index (χ2n) is 25.3. The molecule has 0 unspecified atom stereocenters. The Hall–Kier alpha value is -5.90. The number of hydrogen-bond acceptors (Lipinski definition) is 12. The van der Waals surface area contributed by atoms with E-state index in [2.05, 4.69) is 232 Å². The molecule has 0 aliphatic rings. The summed E-state index contributed by atoms with van der Waals surface area (Å²) in [6, 6.07) is 5.85. The van der Waals surface area contributed by atoms with Crippen LogP contribution in [0.2, 0.25) is 0 Å². The van der Waals surface area contributed by atoms with Gasteiger partial charge in [0.2, 0.25) is 0 Å². The van der Waals surface area contributed by atoms with Crippen molar-refractivity contribution in [3.63, 3.8) is 0 Å². The Balaban J connectivity index is -0.000000134. The number of nitrogens with zero attached hydrogens (tertiary/aromatic N) is 9. The molecule has 0 saturated carbocycles. The quantitative estimate of drug-likeness (QED) is 0.131. The van der Waals surface area contributed by atoms with Crippen molar-refractivity contribution in [3.05, 3.63) is 145 Å². The van der Waals surface area contributed by atoms with Gasteiger partial charge in [-0.2, -0.15) is 4.37 Å². The first kappa shape index (κ1) is 98.3. The summed E-state index contributed by atoms with van der Waals surface area (Å²) < 4.78 is 20.6. The predicted octanol–water partition coefficient (Wildman–Crippen LogP) is 23.3. The number of H-pyrrole nitrogens is 3. The van der Waals surface area contributed by atoms with Gasteiger partial charge in [0.15, 0.2) is 0 Å². The van der Waals surface area contributed by atoms with E-state index in [9.17, 15) is 0 Å². The zero-order valence-corrected chi connectivity index (χ0v) is 65.3. The fourth-order valence-electron chi connectivity index (χ4n) is 5.04. The summed E-state index contributed by atoms with van der Waals surface area (Å²) in [4.78, 5) is 25.1. The molecule has 0 radical (unpaired) electrons. The maximum absolute atomic E-state index is 4.95. The van der Waals surface area contributed by atoms with Gasteiger partial charge in [0.1, 0.15) is 24.1 Å². The summed E-state index contributed by atoms with van der Waals surface area (Å²) in [5.74, 6) is 1.98. The Morgan fingerprint density at radius 2 is 0.898 bits per heavy atom. The zero-order chi connectivity index (χ0) is 71.2. The molecule has 512 valence electrons. The highest BCUT2D eigenvalue weighted by molar-refractivity contribution is 7.03. The maximum Gasteiger partial charge on any atom is 0.142 e. The number of aromatic amines is 3. The summed E-state index contributed by atoms with van der Waals surface area (Å²) in [5.41, 5.74) is 7.04. The number of hydrogen-bond donors (Lipinski definition) is 3. The van der Waals surface area contributed by atoms with E-state index in [1.54, 1.807) is 50.0 Å². The van der Waals surface area contributed by atoms with E-state index in [4.69, 9.17) is 13.6 Å². The van der Waals surface area contributed by atoms with Crippen LogP contribution in [0.25, 0.3) is 0 Å². The van der Waals surface area contributed by atoms with Crippen LogP contribution in [0.1, 0.15) is 317 Å². The van der Waals surface area contributed by atoms with E-state index in [0.717, 1.165) is 22.8 Å². The van der Waals surface area contributed by atoms with Gasteiger partial charge in [-0.05, 0) is 43.8 Å². The van der Waals surface area contributed by atoms with E-state index in [-0.39, 0.29) is 43.4 Å². The topological polar surface area (TPSA) is 195 Å². The second kappa shape index (κ2) is 54.1. The first-order valence-electron chi connectivity index (χ1n) is 32.4. The molecule has 8 heterocycles. The van der Waals surface area contributed by atoms with E-state index >= 15 is 0 Å². The molecular formula is C72H140N12O3S. The minimum absolute atomic E-state index is 0.0938. The first-order chi connectivity index (χ1) is 40.8. The lowest BCUT2D eigenvalue weighted by molar-refractivity contribution is 0.329. The van der Waals surface area contributed by atoms with Gasteiger partial charge in [-0.1, -0.05) is 272 Å². The Kier molecular flexibility index (Phi) is 60.4. The summed E-state index contributed by atoms with van der Waals surface area (Å²) in [6.07, 6.45) is 23.1. The van der Waals surface area contributed by atoms with Crippen LogP contribution >= 0.6 is 11.5 Å². The van der Waals surface area contributed by atoms with Gasteiger partial charge in [0.25, 0.3) is 0 Å². The van der Waals surface area contributed by atoms with Gasteiger partial charge in [-0.3, -0.25) is 0 Å². The molecule has 0 fully saturated rings. The summed E-state index contributed by atoms with van der Waals surface area (Å²) in [5, 5.41) is 13.1. The number of aromatic nitrogens is 12. The predicted molar refractivity (Wildman–Crippen MR) is 386 cm³/mol. The van der Waals surface area contributed by atoms with Crippen LogP contribution in [0.5, 0.6) is 0 Å². The molecule has 0 aliphatic carbocycles. The lowest BCUT2D eigenvalue weighted by atomic mass is 9.90. The smallest absolute Gasteiger partial charge is 0.142 e. The Labute approximate surface area is 546 Å². The Morgan fingerprint density at radius 1 is 0.432 bits per heavy atom. The van der Waals surface area contributed by atoms with Crippen molar-refractivity contribution in [1.29, 1.82) is 0 Å². The van der Waals surface area contributed by atoms with Crippen molar-refractivity contribution in [2.75, 3.05) is 0 Å². The summed E-state index contributed by atoms with van der Waals surface area (Å²) >= 11 is 1.52. The molecule has 8 rings (SSSR count). The van der Waals surface area contributed by atoms with Crippen LogP contribution in [0.4, 0.5) is 0 Å². The van der Waals surface area contributed by atoms with Crippen LogP contribution in [-0.4, -0.2) is 59.3 Å². The minimum atomic E-state index is 0.0938. The molecule has 8 aromatic rings. The molecule has 0 spiro atoms. The van der Waals surface area contributed by atoms with Crippen LogP contribution in [0, 0.1) is 0 Å². The molecule has 0 amide bonds. The molecule has 8 aromatic heterocycles. The maximum atomic E-state index is 4.95. The second-order valence-corrected chi connectivity index (χ2v) is 26.0. The third kappa shape index (κ3) is 52.1. The molecule has 0 atom stereocenters. The molecule has 0 aliphatic heterocycles. The highest BCUT2D eigenvalue weighted by Crippen LogP contribution is 2.24. The average molecular weight is 1250 g/mol. The first-order valence-corrected chi connectivity index (χ1v) is 33.3. The van der Waals surface area contributed by atoms with Gasteiger partial charge < -0.3 is 33.1 Å². The van der Waals surface area contributed by atoms with Gasteiger partial charge in [0.05, 0.1) is 42.8 Å². The Bertz CT molecular complexity index is 1910. The van der Waals surface area contributed by atoms with E-state index in [0.29, 0.717) is 0 Å². The molecule has 0 saturated heterocycles. The molecular weight excluding hydrogens is 1110 g/mol. The minimum Gasteiger partial charge on any atom is -0.364 e. The van der Waals surface area contributed by atoms with Crippen molar-refractivity contribution < 1.29 is 13.6 Å². The van der Waals surface area contributed by atoms with Crippen molar-refractivity contribution in [2.24, 2.45) is 0 Å². The Morgan fingerprint density at radius 3 is 1.06 bits per heavy atom. The van der Waals surface area contributed by atoms with Gasteiger partial charge >= 0.3 is 0 Å². The average Bonchev–Trinajstić information content (AvgIpc) is 4.32. The van der Waals surface area contributed by atoms with E-state index < -0.39 is 0 Å². The van der Waals surface area contributed by atoms with E-state index in [1.165, 1.54) is 28.6 Å². The molecule has 3 N–H and O–H groups in total. The van der Waals surface area contributed by atoms with Crippen molar-refractivity contribution in [2.45, 2.75) is 320 Å². The van der Waals surface area contributed by atoms with Crippen LogP contribution < -0.4 is 0 Å². The number of imidazole rings is 4. The lowest BCUT2D eigenvalue weighted by Gasteiger charge is -2.19. The SMILES string of the molecule is CC.CC.CC.CC.CC.CC.CC.CC.CC(C)(C)c1ccno1.CC(C)(C)c1ccon1.CC(C)(C)c1ccsn1.CC(C)(C)c1cnc[nH]1.CC(C)(C)c1cnc[nH]1.CC(C)(C)c1cnoc1.CC(C)(C)c1ncc[nH]1.CC(C)(C)n1ccnc1. The summed E-state index contributed by atoms with van der Waals surface area (Å²) in [6.45, 7) is 83.2. The largest absolute Gasteiger partial charge is 0.364 e. The molecule has 16 heteroatoms. The third-order valence-electron chi connectivity index (χ3n) is 9.99. The number of nitrogens with one attached hydrogen (secondary N) is 3. The fraction of sp³-hybridized carbons (Fsp3) is 0.667. The molecule has 88 heavy (non-hydrogen) atoms. The van der Waals surface area contributed by atoms with Crippen molar-refractivity contribution in [1.82, 2.24) is 59.3 Å². The highest BCUT2D eigenvalue weighted by Gasteiger charge is 2.19. The van der Waals surface area contributed by atoms with E-state index in [1.807, 2.05) is 159 Å². The van der Waals surface area contributed by atoms with Gasteiger partial charge in [-0.15, -0.1) is 0 Å². The molecule has 0 aromatic carbocycles. The van der Waals surface area contributed by atoms with Crippen molar-refractivity contribution >= 4 is 11.5 Å². The lowest BCUT2D eigenvalue weighted by Crippen LogP contribution is -2.19. The highest BCUT2D eigenvalue weighted by atomic mass is 32.1. The van der Waals surface area contributed by atoms with Crippen LogP contribution in [-0.2, 0) is 43.4 Å². The van der Waals surface area contributed by atoms with Crippen LogP contribution in [0.3, 0.4) is 0 Å². The summed E-state index contributed by atoms with van der Waals surface area (Å²) in [7, 11) is 0. The standard InChI is InChI=1S/4C7H12N2.3C7H11NO.C7H11NS.8C2H6/c2*1-7(2,3)6-4-8-5-9-6;1-7(2,3)9-5-4-8-6-9;1-7(2,3)6-8-4-5-9-6;1-7(2,3)6-4-8-9-5-6;1-7(2,3)6-4-5-9-8-6;1-7(2,3)6-4-5-8-9-6;1-7(2,3)6-4-5-9-8-6;8*1-2/h2*4-5H,1-3H3,(H,8,9);4-6H,1-3H3;4-5H,1-3H3,(H,8,9);4*4-5H,1-3H3;8*1-2H3. The third-order valence-corrected chi connectivity index (χ3v) is 10.5. The molecule has 15 nitrogen and oxygen atoms in total.